The Kier molecular flexibility index (Phi) is 4.33. The largest absolute Gasteiger partial charge is 0.347 e. The van der Waals surface area contributed by atoms with Crippen LogP contribution in [-0.2, 0) is 4.79 Å². The summed E-state index contributed by atoms with van der Waals surface area (Å²) in [6, 6.07) is 12.0. The Morgan fingerprint density at radius 1 is 1.08 bits per heavy atom. The van der Waals surface area contributed by atoms with Crippen LogP contribution < -0.4 is 0 Å². The third-order valence-corrected chi connectivity index (χ3v) is 4.42. The summed E-state index contributed by atoms with van der Waals surface area (Å²) < 4.78 is 1.92. The number of halogens is 1. The number of imidazole rings is 1. The fourth-order valence-electron chi connectivity index (χ4n) is 2.68. The maximum Gasteiger partial charge on any atom is 0.246 e. The molecule has 1 unspecified atom stereocenters. The van der Waals surface area contributed by atoms with Gasteiger partial charge in [0.15, 0.2) is 5.38 Å². The van der Waals surface area contributed by atoms with Gasteiger partial charge in [-0.05, 0) is 25.5 Å². The van der Waals surface area contributed by atoms with E-state index < -0.39 is 5.38 Å². The van der Waals surface area contributed by atoms with E-state index >= 15 is 0 Å². The van der Waals surface area contributed by atoms with Gasteiger partial charge >= 0.3 is 0 Å². The Morgan fingerprint density at radius 3 is 2.33 bits per heavy atom. The van der Waals surface area contributed by atoms with Gasteiger partial charge in [-0.25, -0.2) is 4.98 Å². The normalized spacial score (nSPS) is 12.4. The minimum Gasteiger partial charge on any atom is -0.347 e. The molecule has 5 heteroatoms. The number of likely N-dealkylation sites (N-methyl/N-ethyl adjacent to an activating group) is 1. The Balaban J connectivity index is 2.26. The molecule has 0 saturated carbocycles. The van der Waals surface area contributed by atoms with E-state index in [0.717, 1.165) is 22.5 Å². The predicted molar refractivity (Wildman–Crippen MR) is 97.4 cm³/mol. The van der Waals surface area contributed by atoms with Crippen LogP contribution in [0, 0.1) is 13.8 Å². The Morgan fingerprint density at radius 2 is 1.71 bits per heavy atom. The van der Waals surface area contributed by atoms with E-state index in [1.165, 1.54) is 10.5 Å². The first-order chi connectivity index (χ1) is 11.4. The molecule has 124 valence electrons. The van der Waals surface area contributed by atoms with Crippen LogP contribution in [-0.4, -0.2) is 34.3 Å². The number of aryl methyl sites for hydroxylation is 2. The number of hydrogen-bond donors (Lipinski definition) is 0. The molecule has 1 amide bonds. The maximum atomic E-state index is 12.5. The second kappa shape index (κ2) is 6.29. The molecule has 0 bridgehead atoms. The molecular formula is C19H20ClN3O. The van der Waals surface area contributed by atoms with Gasteiger partial charge in [0.05, 0.1) is 11.4 Å². The lowest BCUT2D eigenvalue weighted by Crippen LogP contribution is -2.26. The Bertz CT molecular complexity index is 897. The number of fused-ring (bicyclic) bond motifs is 1. The van der Waals surface area contributed by atoms with E-state index in [2.05, 4.69) is 0 Å². The highest BCUT2D eigenvalue weighted by Gasteiger charge is 2.27. The van der Waals surface area contributed by atoms with Gasteiger partial charge in [0.25, 0.3) is 0 Å². The van der Waals surface area contributed by atoms with Gasteiger partial charge in [0, 0.05) is 25.9 Å². The summed E-state index contributed by atoms with van der Waals surface area (Å²) in [5.74, 6) is -0.159. The number of amides is 1. The van der Waals surface area contributed by atoms with Gasteiger partial charge in [-0.2, -0.15) is 0 Å². The molecule has 0 saturated heterocycles. The van der Waals surface area contributed by atoms with Gasteiger partial charge in [-0.15, -0.1) is 11.6 Å². The molecule has 0 radical (unpaired) electrons. The molecular weight excluding hydrogens is 322 g/mol. The van der Waals surface area contributed by atoms with Crippen molar-refractivity contribution in [1.29, 1.82) is 0 Å². The average Bonchev–Trinajstić information content (AvgIpc) is 2.92. The van der Waals surface area contributed by atoms with Crippen LogP contribution in [0.1, 0.15) is 22.2 Å². The molecule has 0 spiro atoms. The zero-order valence-corrected chi connectivity index (χ0v) is 15.0. The van der Waals surface area contributed by atoms with E-state index in [-0.39, 0.29) is 5.91 Å². The molecule has 0 aliphatic rings. The number of hydrogen-bond acceptors (Lipinski definition) is 2. The lowest BCUT2D eigenvalue weighted by atomic mass is 10.1. The molecule has 24 heavy (non-hydrogen) atoms. The maximum absolute atomic E-state index is 12.5. The van der Waals surface area contributed by atoms with Crippen LogP contribution >= 0.6 is 11.6 Å². The summed E-state index contributed by atoms with van der Waals surface area (Å²) in [5, 5.41) is -0.798. The van der Waals surface area contributed by atoms with Crippen LogP contribution in [0.4, 0.5) is 0 Å². The molecule has 0 N–H and O–H groups in total. The van der Waals surface area contributed by atoms with Crippen molar-refractivity contribution in [3.8, 4) is 11.3 Å². The molecule has 0 aliphatic heterocycles. The SMILES string of the molecule is Cc1ccc(-c2nc3ccc(C)cn3c2C(Cl)C(=O)N(C)C)cc1. The number of pyridine rings is 1. The third-order valence-electron chi connectivity index (χ3n) is 4.03. The summed E-state index contributed by atoms with van der Waals surface area (Å²) in [6.45, 7) is 4.05. The van der Waals surface area contributed by atoms with Gasteiger partial charge in [0.2, 0.25) is 5.91 Å². The number of carbonyl (C=O) groups excluding carboxylic acids is 1. The first-order valence-electron chi connectivity index (χ1n) is 7.79. The molecule has 3 aromatic rings. The minimum absolute atomic E-state index is 0.159. The van der Waals surface area contributed by atoms with E-state index in [1.54, 1.807) is 14.1 Å². The molecule has 0 fully saturated rings. The molecule has 1 atom stereocenters. The smallest absolute Gasteiger partial charge is 0.246 e. The fraction of sp³-hybridized carbons (Fsp3) is 0.263. The van der Waals surface area contributed by atoms with Gasteiger partial charge in [0.1, 0.15) is 5.65 Å². The summed E-state index contributed by atoms with van der Waals surface area (Å²) in [7, 11) is 3.41. The zero-order chi connectivity index (χ0) is 17.4. The monoisotopic (exact) mass is 341 g/mol. The molecule has 1 aromatic carbocycles. The molecule has 0 aliphatic carbocycles. The zero-order valence-electron chi connectivity index (χ0n) is 14.2. The van der Waals surface area contributed by atoms with Crippen molar-refractivity contribution in [2.45, 2.75) is 19.2 Å². The molecule has 3 rings (SSSR count). The topological polar surface area (TPSA) is 37.6 Å². The lowest BCUT2D eigenvalue weighted by Gasteiger charge is -2.16. The van der Waals surface area contributed by atoms with Crippen LogP contribution in [0.3, 0.4) is 0 Å². The third kappa shape index (κ3) is 2.89. The number of alkyl halides is 1. The number of aromatic nitrogens is 2. The van der Waals surface area contributed by atoms with Gasteiger partial charge in [-0.3, -0.25) is 4.79 Å². The Hall–Kier alpha value is -2.33. The van der Waals surface area contributed by atoms with Crippen molar-refractivity contribution in [3.05, 3.63) is 59.4 Å². The average molecular weight is 342 g/mol. The van der Waals surface area contributed by atoms with Crippen LogP contribution in [0.25, 0.3) is 16.9 Å². The quantitative estimate of drug-likeness (QED) is 0.676. The number of nitrogens with zero attached hydrogens (tertiary/aromatic N) is 3. The van der Waals surface area contributed by atoms with E-state index in [4.69, 9.17) is 16.6 Å². The fourth-order valence-corrected chi connectivity index (χ4v) is 3.08. The summed E-state index contributed by atoms with van der Waals surface area (Å²) in [6.07, 6.45) is 1.97. The highest BCUT2D eigenvalue weighted by atomic mass is 35.5. The van der Waals surface area contributed by atoms with E-state index in [1.807, 2.05) is 60.8 Å². The first-order valence-corrected chi connectivity index (χ1v) is 8.23. The Labute approximate surface area is 146 Å². The van der Waals surface area contributed by atoms with Crippen molar-refractivity contribution in [3.63, 3.8) is 0 Å². The second-order valence-electron chi connectivity index (χ2n) is 6.24. The summed E-state index contributed by atoms with van der Waals surface area (Å²) in [4.78, 5) is 18.7. The van der Waals surface area contributed by atoms with Crippen molar-refractivity contribution in [2.75, 3.05) is 14.1 Å². The van der Waals surface area contributed by atoms with Crippen LogP contribution in [0.15, 0.2) is 42.6 Å². The first kappa shape index (κ1) is 16.5. The predicted octanol–water partition coefficient (Wildman–Crippen LogP) is 3.99. The van der Waals surface area contributed by atoms with Crippen molar-refractivity contribution in [1.82, 2.24) is 14.3 Å². The molecule has 4 nitrogen and oxygen atoms in total. The van der Waals surface area contributed by atoms with Crippen molar-refractivity contribution >= 4 is 23.2 Å². The number of rotatable bonds is 3. The lowest BCUT2D eigenvalue weighted by molar-refractivity contribution is -0.128. The number of benzene rings is 1. The highest BCUT2D eigenvalue weighted by Crippen LogP contribution is 2.33. The highest BCUT2D eigenvalue weighted by molar-refractivity contribution is 6.31. The van der Waals surface area contributed by atoms with Crippen LogP contribution in [0.5, 0.6) is 0 Å². The number of carbonyl (C=O) groups is 1. The van der Waals surface area contributed by atoms with Gasteiger partial charge < -0.3 is 9.30 Å². The van der Waals surface area contributed by atoms with Crippen LogP contribution in [0.2, 0.25) is 0 Å². The van der Waals surface area contributed by atoms with Gasteiger partial charge in [-0.1, -0.05) is 35.9 Å². The van der Waals surface area contributed by atoms with E-state index in [0.29, 0.717) is 5.69 Å². The van der Waals surface area contributed by atoms with E-state index in [9.17, 15) is 4.79 Å². The van der Waals surface area contributed by atoms with Crippen molar-refractivity contribution < 1.29 is 4.79 Å². The molecule has 2 aromatic heterocycles. The summed E-state index contributed by atoms with van der Waals surface area (Å²) >= 11 is 6.56. The molecule has 2 heterocycles. The minimum atomic E-state index is -0.798. The summed E-state index contributed by atoms with van der Waals surface area (Å²) in [5.41, 5.74) is 5.44. The van der Waals surface area contributed by atoms with Crippen molar-refractivity contribution in [2.24, 2.45) is 0 Å². The second-order valence-corrected chi connectivity index (χ2v) is 6.68. The standard InChI is InChI=1S/C19H20ClN3O/c1-12-5-8-14(9-6-12)17-18(16(20)19(24)22(3)4)23-11-13(2)7-10-15(23)21-17/h5-11,16H,1-4H3.